The van der Waals surface area contributed by atoms with Crippen molar-refractivity contribution in [3.8, 4) is 5.75 Å². The van der Waals surface area contributed by atoms with Crippen molar-refractivity contribution >= 4 is 41.6 Å². The highest BCUT2D eigenvalue weighted by atomic mass is 35.5. The highest BCUT2D eigenvalue weighted by Gasteiger charge is 2.18. The molecule has 2 aromatic carbocycles. The Bertz CT molecular complexity index is 960. The summed E-state index contributed by atoms with van der Waals surface area (Å²) < 4.78 is 5.31. The number of anilines is 5. The molecule has 0 radical (unpaired) electrons. The van der Waals surface area contributed by atoms with Crippen LogP contribution in [0.5, 0.6) is 5.75 Å². The van der Waals surface area contributed by atoms with Gasteiger partial charge < -0.3 is 20.3 Å². The van der Waals surface area contributed by atoms with Gasteiger partial charge in [0, 0.05) is 30.5 Å². The third-order valence-corrected chi connectivity index (χ3v) is 4.96. The highest BCUT2D eigenvalue weighted by molar-refractivity contribution is 5.85. The molecule has 30 heavy (non-hydrogen) atoms. The van der Waals surface area contributed by atoms with Gasteiger partial charge in [0.15, 0.2) is 0 Å². The molecule has 0 bridgehead atoms. The number of aryl methyl sites for hydroxylation is 1. The van der Waals surface area contributed by atoms with Crippen molar-refractivity contribution in [1.29, 1.82) is 0 Å². The number of nitrogens with zero attached hydrogens (tertiary/aromatic N) is 4. The SMILES string of the molecule is CCc1ccc(Nc2nc(Nc3cccc(OC)c3)nc(N3CCCC3)n2)cc1.Cl. The topological polar surface area (TPSA) is 75.2 Å². The van der Waals surface area contributed by atoms with Crippen LogP contribution < -0.4 is 20.3 Å². The number of aromatic nitrogens is 3. The maximum Gasteiger partial charge on any atom is 0.233 e. The summed E-state index contributed by atoms with van der Waals surface area (Å²) in [5.74, 6) is 2.49. The Balaban J connectivity index is 0.00000256. The first-order valence-corrected chi connectivity index (χ1v) is 10.0. The van der Waals surface area contributed by atoms with Crippen molar-refractivity contribution < 1.29 is 4.74 Å². The molecule has 1 fully saturated rings. The van der Waals surface area contributed by atoms with Crippen LogP contribution in [0.15, 0.2) is 48.5 Å². The van der Waals surface area contributed by atoms with Crippen molar-refractivity contribution in [2.75, 3.05) is 35.7 Å². The van der Waals surface area contributed by atoms with E-state index in [-0.39, 0.29) is 12.4 Å². The number of hydrogen-bond acceptors (Lipinski definition) is 7. The fourth-order valence-electron chi connectivity index (χ4n) is 3.32. The zero-order valence-corrected chi connectivity index (χ0v) is 18.1. The van der Waals surface area contributed by atoms with E-state index in [9.17, 15) is 0 Å². The van der Waals surface area contributed by atoms with Gasteiger partial charge >= 0.3 is 0 Å². The van der Waals surface area contributed by atoms with Crippen molar-refractivity contribution in [3.63, 3.8) is 0 Å². The first-order valence-electron chi connectivity index (χ1n) is 10.0. The minimum atomic E-state index is 0. The van der Waals surface area contributed by atoms with Crippen molar-refractivity contribution in [3.05, 3.63) is 54.1 Å². The lowest BCUT2D eigenvalue weighted by atomic mass is 10.1. The summed E-state index contributed by atoms with van der Waals surface area (Å²) in [6.45, 7) is 4.08. The van der Waals surface area contributed by atoms with Crippen LogP contribution in [0.3, 0.4) is 0 Å². The maximum absolute atomic E-state index is 5.31. The summed E-state index contributed by atoms with van der Waals surface area (Å²) in [6.07, 6.45) is 3.33. The summed E-state index contributed by atoms with van der Waals surface area (Å²) >= 11 is 0. The summed E-state index contributed by atoms with van der Waals surface area (Å²) in [5.41, 5.74) is 3.11. The Kier molecular flexibility index (Phi) is 7.30. The molecule has 0 saturated carbocycles. The molecule has 1 aliphatic heterocycles. The molecular weight excluding hydrogens is 400 g/mol. The number of benzene rings is 2. The number of halogens is 1. The van der Waals surface area contributed by atoms with E-state index in [1.807, 2.05) is 36.4 Å². The van der Waals surface area contributed by atoms with Crippen molar-refractivity contribution in [1.82, 2.24) is 15.0 Å². The summed E-state index contributed by atoms with van der Waals surface area (Å²) in [6, 6.07) is 16.0. The molecule has 7 nitrogen and oxygen atoms in total. The van der Waals surface area contributed by atoms with Gasteiger partial charge in [0.2, 0.25) is 17.8 Å². The van der Waals surface area contributed by atoms with E-state index in [2.05, 4.69) is 49.5 Å². The lowest BCUT2D eigenvalue weighted by Crippen LogP contribution is -2.21. The average molecular weight is 427 g/mol. The Morgan fingerprint density at radius 1 is 0.900 bits per heavy atom. The molecule has 2 N–H and O–H groups in total. The van der Waals surface area contributed by atoms with Gasteiger partial charge in [0.1, 0.15) is 5.75 Å². The second-order valence-corrected chi connectivity index (χ2v) is 7.01. The molecule has 0 amide bonds. The van der Waals surface area contributed by atoms with Crippen LogP contribution in [-0.2, 0) is 6.42 Å². The molecule has 0 atom stereocenters. The largest absolute Gasteiger partial charge is 0.497 e. The van der Waals surface area contributed by atoms with Crippen molar-refractivity contribution in [2.24, 2.45) is 0 Å². The van der Waals surface area contributed by atoms with Gasteiger partial charge in [-0.25, -0.2) is 0 Å². The number of hydrogen-bond donors (Lipinski definition) is 2. The van der Waals surface area contributed by atoms with E-state index in [0.29, 0.717) is 17.8 Å². The normalized spacial score (nSPS) is 12.9. The Morgan fingerprint density at radius 2 is 1.57 bits per heavy atom. The van der Waals surface area contributed by atoms with Gasteiger partial charge in [-0.2, -0.15) is 15.0 Å². The predicted molar refractivity (Wildman–Crippen MR) is 124 cm³/mol. The van der Waals surface area contributed by atoms with E-state index in [4.69, 9.17) is 4.74 Å². The Hall–Kier alpha value is -3.06. The molecule has 8 heteroatoms. The molecule has 1 aromatic heterocycles. The molecule has 0 spiro atoms. The van der Waals surface area contributed by atoms with Crippen LogP contribution in [0.1, 0.15) is 25.3 Å². The van der Waals surface area contributed by atoms with Crippen LogP contribution >= 0.6 is 12.4 Å². The zero-order chi connectivity index (χ0) is 20.1. The van der Waals surface area contributed by atoms with Gasteiger partial charge in [0.25, 0.3) is 0 Å². The lowest BCUT2D eigenvalue weighted by molar-refractivity contribution is 0.415. The molecular formula is C22H27ClN6O. The van der Waals surface area contributed by atoms with Gasteiger partial charge in [0.05, 0.1) is 7.11 Å². The van der Waals surface area contributed by atoms with Gasteiger partial charge in [-0.3, -0.25) is 0 Å². The van der Waals surface area contributed by atoms with E-state index in [1.165, 1.54) is 5.56 Å². The van der Waals surface area contributed by atoms with E-state index < -0.39 is 0 Å². The van der Waals surface area contributed by atoms with Crippen molar-refractivity contribution in [2.45, 2.75) is 26.2 Å². The van der Waals surface area contributed by atoms with Gasteiger partial charge in [-0.15, -0.1) is 12.4 Å². The van der Waals surface area contributed by atoms with E-state index in [1.54, 1.807) is 7.11 Å². The Labute approximate surface area is 183 Å². The first-order chi connectivity index (χ1) is 14.2. The maximum atomic E-state index is 5.31. The molecule has 0 aliphatic carbocycles. The van der Waals surface area contributed by atoms with Crippen LogP contribution in [0, 0.1) is 0 Å². The molecule has 1 aliphatic rings. The first kappa shape index (κ1) is 21.6. The number of ether oxygens (including phenoxy) is 1. The quantitative estimate of drug-likeness (QED) is 0.553. The summed E-state index contributed by atoms with van der Waals surface area (Å²) in [4.78, 5) is 16.1. The molecule has 2 heterocycles. The summed E-state index contributed by atoms with van der Waals surface area (Å²) in [5, 5.41) is 6.59. The predicted octanol–water partition coefficient (Wildman–Crippen LogP) is 4.95. The monoisotopic (exact) mass is 426 g/mol. The van der Waals surface area contributed by atoms with Crippen LogP contribution in [0.4, 0.5) is 29.2 Å². The molecule has 0 unspecified atom stereocenters. The highest BCUT2D eigenvalue weighted by Crippen LogP contribution is 2.24. The smallest absolute Gasteiger partial charge is 0.233 e. The van der Waals surface area contributed by atoms with Gasteiger partial charge in [-0.05, 0) is 49.1 Å². The minimum absolute atomic E-state index is 0. The third-order valence-electron chi connectivity index (χ3n) is 4.96. The Morgan fingerprint density at radius 3 is 2.20 bits per heavy atom. The lowest BCUT2D eigenvalue weighted by Gasteiger charge is -2.17. The standard InChI is InChI=1S/C22H26N6O.ClH/c1-3-16-9-11-17(12-10-16)23-20-25-21(24-18-7-6-8-19(15-18)29-2)27-22(26-20)28-13-4-5-14-28;/h6-12,15H,3-5,13-14H2,1-2H3,(H2,23,24,25,26,27);1H. The van der Waals surface area contributed by atoms with Gasteiger partial charge in [-0.1, -0.05) is 25.1 Å². The fourth-order valence-corrected chi connectivity index (χ4v) is 3.32. The second-order valence-electron chi connectivity index (χ2n) is 7.01. The zero-order valence-electron chi connectivity index (χ0n) is 17.3. The van der Waals surface area contributed by atoms with Crippen LogP contribution in [0.2, 0.25) is 0 Å². The molecule has 158 valence electrons. The number of rotatable bonds is 7. The third kappa shape index (κ3) is 5.30. The number of nitrogens with one attached hydrogen (secondary N) is 2. The second kappa shape index (κ2) is 10.1. The van der Waals surface area contributed by atoms with E-state index >= 15 is 0 Å². The molecule has 4 rings (SSSR count). The average Bonchev–Trinajstić information content (AvgIpc) is 3.29. The summed E-state index contributed by atoms with van der Waals surface area (Å²) in [7, 11) is 1.65. The van der Waals surface area contributed by atoms with Crippen LogP contribution in [-0.4, -0.2) is 35.2 Å². The molecule has 1 saturated heterocycles. The minimum Gasteiger partial charge on any atom is -0.497 e. The molecule has 3 aromatic rings. The fraction of sp³-hybridized carbons (Fsp3) is 0.318. The van der Waals surface area contributed by atoms with Crippen LogP contribution in [0.25, 0.3) is 0 Å². The van der Waals surface area contributed by atoms with E-state index in [0.717, 1.165) is 49.5 Å². The number of methoxy groups -OCH3 is 1.